The van der Waals surface area contributed by atoms with Gasteiger partial charge in [0.1, 0.15) is 29.9 Å². The lowest BCUT2D eigenvalue weighted by molar-refractivity contribution is -0.0175. The van der Waals surface area contributed by atoms with Crippen LogP contribution in [-0.2, 0) is 28.7 Å². The molecule has 8 nitrogen and oxygen atoms in total. The Morgan fingerprint density at radius 1 is 1.18 bits per heavy atom. The predicted molar refractivity (Wildman–Crippen MR) is 121 cm³/mol. The van der Waals surface area contributed by atoms with E-state index >= 15 is 0 Å². The van der Waals surface area contributed by atoms with E-state index in [2.05, 4.69) is 14.8 Å². The second-order valence-electron chi connectivity index (χ2n) is 8.31. The van der Waals surface area contributed by atoms with Gasteiger partial charge in [-0.25, -0.2) is 26.9 Å². The molecule has 11 heteroatoms. The first-order valence-electron chi connectivity index (χ1n) is 10.3. The molecule has 2 aromatic carbocycles. The highest BCUT2D eigenvalue weighted by Crippen LogP contribution is 2.28. The molecular weight excluding hydrogens is 452 g/mol. The number of hydrogen-bond acceptors (Lipinski definition) is 6. The molecule has 0 saturated heterocycles. The lowest BCUT2D eigenvalue weighted by Crippen LogP contribution is -2.43. The fourth-order valence-corrected chi connectivity index (χ4v) is 4.14. The zero-order chi connectivity index (χ0) is 24.2. The zero-order valence-corrected chi connectivity index (χ0v) is 19.4. The Hall–Kier alpha value is -2.89. The maximum Gasteiger partial charge on any atom is 0.235 e. The Morgan fingerprint density at radius 3 is 2.45 bits per heavy atom. The van der Waals surface area contributed by atoms with E-state index in [1.54, 1.807) is 50.1 Å². The normalized spacial score (nSPS) is 13.9. The minimum atomic E-state index is -3.44. The van der Waals surface area contributed by atoms with Crippen molar-refractivity contribution in [2.45, 2.75) is 37.8 Å². The summed E-state index contributed by atoms with van der Waals surface area (Å²) in [4.78, 5) is 5.64. The van der Waals surface area contributed by atoms with Crippen LogP contribution in [-0.4, -0.2) is 52.0 Å². The number of nitrogens with zero attached hydrogens (tertiary/aromatic N) is 4. The molecule has 0 spiro atoms. The number of aromatic nitrogens is 3. The van der Waals surface area contributed by atoms with E-state index in [0.717, 1.165) is 17.7 Å². The first-order chi connectivity index (χ1) is 15.5. The standard InChI is InChI=1S/C22H27F2N5O3S/c1-16(2)33(31,32)27-19-7-4-17(5-8-19)11-28(3)12-22(30,13-29-15-25-14-26-29)20-9-6-18(23)10-21(20)24/h4-10,14-16,27,30H,11-13H2,1-3H3. The highest BCUT2D eigenvalue weighted by atomic mass is 32.2. The van der Waals surface area contributed by atoms with Crippen LogP contribution in [0.3, 0.4) is 0 Å². The van der Waals surface area contributed by atoms with E-state index in [9.17, 15) is 22.3 Å². The van der Waals surface area contributed by atoms with Crippen LogP contribution in [0.1, 0.15) is 25.0 Å². The molecule has 2 N–H and O–H groups in total. The third kappa shape index (κ3) is 6.34. The van der Waals surface area contributed by atoms with Crippen molar-refractivity contribution in [1.82, 2.24) is 19.7 Å². The molecular formula is C22H27F2N5O3S. The maximum atomic E-state index is 14.6. The molecule has 3 rings (SSSR count). The first-order valence-corrected chi connectivity index (χ1v) is 11.8. The average molecular weight is 480 g/mol. The van der Waals surface area contributed by atoms with Gasteiger partial charge in [0.2, 0.25) is 10.0 Å². The van der Waals surface area contributed by atoms with Crippen LogP contribution < -0.4 is 4.72 Å². The van der Waals surface area contributed by atoms with Crippen LogP contribution >= 0.6 is 0 Å². The Kier molecular flexibility index (Phi) is 7.45. The van der Waals surface area contributed by atoms with Crippen LogP contribution in [0, 0.1) is 11.6 Å². The molecule has 1 atom stereocenters. The van der Waals surface area contributed by atoms with E-state index in [-0.39, 0.29) is 18.7 Å². The van der Waals surface area contributed by atoms with Gasteiger partial charge in [-0.2, -0.15) is 5.10 Å². The van der Waals surface area contributed by atoms with Crippen molar-refractivity contribution in [1.29, 1.82) is 0 Å². The Labute approximate surface area is 191 Å². The first kappa shape index (κ1) is 24.7. The lowest BCUT2D eigenvalue weighted by atomic mass is 9.92. The summed E-state index contributed by atoms with van der Waals surface area (Å²) in [6.45, 7) is 3.50. The number of rotatable bonds is 10. The third-order valence-electron chi connectivity index (χ3n) is 5.14. The molecule has 1 heterocycles. The monoisotopic (exact) mass is 479 g/mol. The number of benzene rings is 2. The van der Waals surface area contributed by atoms with Crippen LogP contribution in [0.5, 0.6) is 0 Å². The van der Waals surface area contributed by atoms with E-state index in [1.165, 1.54) is 23.4 Å². The molecule has 1 aromatic heterocycles. The molecule has 0 fully saturated rings. The van der Waals surface area contributed by atoms with Crippen LogP contribution in [0.25, 0.3) is 0 Å². The van der Waals surface area contributed by atoms with Gasteiger partial charge in [-0.1, -0.05) is 18.2 Å². The molecule has 0 radical (unpaired) electrons. The summed E-state index contributed by atoms with van der Waals surface area (Å²) in [6.07, 6.45) is 2.71. The molecule has 0 amide bonds. The van der Waals surface area contributed by atoms with Crippen molar-refractivity contribution in [2.24, 2.45) is 0 Å². The number of hydrogen-bond donors (Lipinski definition) is 2. The fourth-order valence-electron chi connectivity index (χ4n) is 3.44. The molecule has 0 aliphatic heterocycles. The number of halogens is 2. The van der Waals surface area contributed by atoms with Gasteiger partial charge in [0.05, 0.1) is 11.8 Å². The van der Waals surface area contributed by atoms with Crippen molar-refractivity contribution in [3.05, 3.63) is 77.9 Å². The number of sulfonamides is 1. The Morgan fingerprint density at radius 2 is 1.88 bits per heavy atom. The van der Waals surface area contributed by atoms with Gasteiger partial charge >= 0.3 is 0 Å². The smallest absolute Gasteiger partial charge is 0.235 e. The molecule has 178 valence electrons. The average Bonchev–Trinajstić information content (AvgIpc) is 3.21. The lowest BCUT2D eigenvalue weighted by Gasteiger charge is -2.33. The van der Waals surface area contributed by atoms with Crippen LogP contribution in [0.4, 0.5) is 14.5 Å². The van der Waals surface area contributed by atoms with Gasteiger partial charge in [-0.05, 0) is 44.7 Å². The van der Waals surface area contributed by atoms with E-state index < -0.39 is 32.5 Å². The third-order valence-corrected chi connectivity index (χ3v) is 6.90. The minimum Gasteiger partial charge on any atom is -0.382 e. The number of nitrogens with one attached hydrogen (secondary N) is 1. The van der Waals surface area contributed by atoms with Gasteiger partial charge in [-0.15, -0.1) is 0 Å². The number of aliphatic hydroxyl groups is 1. The van der Waals surface area contributed by atoms with Crippen molar-refractivity contribution in [2.75, 3.05) is 18.3 Å². The van der Waals surface area contributed by atoms with Crippen molar-refractivity contribution in [3.8, 4) is 0 Å². The summed E-state index contributed by atoms with van der Waals surface area (Å²) >= 11 is 0. The predicted octanol–water partition coefficient (Wildman–Crippen LogP) is 2.73. The summed E-state index contributed by atoms with van der Waals surface area (Å²) < 4.78 is 56.0. The minimum absolute atomic E-state index is 0.0111. The van der Waals surface area contributed by atoms with E-state index in [0.29, 0.717) is 12.2 Å². The summed E-state index contributed by atoms with van der Waals surface area (Å²) in [5.41, 5.74) is -0.462. The van der Waals surface area contributed by atoms with Crippen molar-refractivity contribution in [3.63, 3.8) is 0 Å². The topological polar surface area (TPSA) is 100 Å². The van der Waals surface area contributed by atoms with Crippen molar-refractivity contribution >= 4 is 15.7 Å². The summed E-state index contributed by atoms with van der Waals surface area (Å²) in [5.74, 6) is -1.59. The molecule has 3 aromatic rings. The molecule has 0 aliphatic carbocycles. The van der Waals surface area contributed by atoms with Crippen molar-refractivity contribution < 1.29 is 22.3 Å². The number of anilines is 1. The number of likely N-dealkylation sites (N-methyl/N-ethyl adjacent to an activating group) is 1. The summed E-state index contributed by atoms with van der Waals surface area (Å²) in [7, 11) is -1.69. The SMILES string of the molecule is CC(C)S(=O)(=O)Nc1ccc(CN(C)CC(O)(Cn2cncn2)c2ccc(F)cc2F)cc1. The molecule has 0 saturated carbocycles. The Balaban J connectivity index is 1.76. The van der Waals surface area contributed by atoms with Gasteiger partial charge < -0.3 is 5.11 Å². The fraction of sp³-hybridized carbons (Fsp3) is 0.364. The molecule has 1 unspecified atom stereocenters. The Bertz CT molecular complexity index is 1170. The van der Waals surface area contributed by atoms with Crippen LogP contribution in [0.2, 0.25) is 0 Å². The van der Waals surface area contributed by atoms with Gasteiger partial charge in [0, 0.05) is 30.4 Å². The summed E-state index contributed by atoms with van der Waals surface area (Å²) in [6, 6.07) is 9.91. The highest BCUT2D eigenvalue weighted by Gasteiger charge is 2.34. The van der Waals surface area contributed by atoms with Gasteiger partial charge in [-0.3, -0.25) is 9.62 Å². The second kappa shape index (κ2) is 9.94. The second-order valence-corrected chi connectivity index (χ2v) is 10.6. The molecule has 33 heavy (non-hydrogen) atoms. The van der Waals surface area contributed by atoms with E-state index in [1.807, 2.05) is 0 Å². The van der Waals surface area contributed by atoms with Gasteiger partial charge in [0.25, 0.3) is 0 Å². The quantitative estimate of drug-likeness (QED) is 0.464. The van der Waals surface area contributed by atoms with Gasteiger partial charge in [0.15, 0.2) is 0 Å². The molecule has 0 bridgehead atoms. The maximum absolute atomic E-state index is 14.6. The van der Waals surface area contributed by atoms with Crippen LogP contribution in [0.15, 0.2) is 55.1 Å². The largest absolute Gasteiger partial charge is 0.382 e. The summed E-state index contributed by atoms with van der Waals surface area (Å²) in [5, 5.41) is 14.9. The highest BCUT2D eigenvalue weighted by molar-refractivity contribution is 7.93. The molecule has 0 aliphatic rings. The zero-order valence-electron chi connectivity index (χ0n) is 18.6. The van der Waals surface area contributed by atoms with E-state index in [4.69, 9.17) is 0 Å².